The number of nitrogens with one attached hydrogen (secondary N) is 2. The summed E-state index contributed by atoms with van der Waals surface area (Å²) in [5.74, 6) is 0.287. The summed E-state index contributed by atoms with van der Waals surface area (Å²) in [4.78, 5) is 23.0. The van der Waals surface area contributed by atoms with Gasteiger partial charge < -0.3 is 16.4 Å². The average molecular weight is 241 g/mol. The maximum atomic E-state index is 12.0. The molecular formula is C12H23N3O2. The number of carbonyl (C=O) groups is 2. The molecule has 0 bridgehead atoms. The Morgan fingerprint density at radius 1 is 1.65 bits per heavy atom. The van der Waals surface area contributed by atoms with Gasteiger partial charge in [-0.05, 0) is 25.7 Å². The largest absolute Gasteiger partial charge is 0.348 e. The van der Waals surface area contributed by atoms with Gasteiger partial charge in [0.2, 0.25) is 11.8 Å². The zero-order valence-corrected chi connectivity index (χ0v) is 10.9. The lowest BCUT2D eigenvalue weighted by Crippen LogP contribution is -2.56. The highest BCUT2D eigenvalue weighted by atomic mass is 16.2. The van der Waals surface area contributed by atoms with Crippen molar-refractivity contribution >= 4 is 11.8 Å². The van der Waals surface area contributed by atoms with Gasteiger partial charge in [-0.2, -0.15) is 0 Å². The molecule has 0 aromatic rings. The molecule has 1 aliphatic heterocycles. The van der Waals surface area contributed by atoms with Crippen LogP contribution in [0.3, 0.4) is 0 Å². The lowest BCUT2D eigenvalue weighted by molar-refractivity contribution is -0.127. The molecule has 0 saturated carbocycles. The first-order valence-electron chi connectivity index (χ1n) is 6.18. The maximum Gasteiger partial charge on any atom is 0.243 e. The highest BCUT2D eigenvalue weighted by Crippen LogP contribution is 2.16. The summed E-state index contributed by atoms with van der Waals surface area (Å²) >= 11 is 0. The Morgan fingerprint density at radius 2 is 2.29 bits per heavy atom. The molecule has 1 aliphatic rings. The van der Waals surface area contributed by atoms with Crippen LogP contribution in [0.15, 0.2) is 0 Å². The Bertz CT molecular complexity index is 304. The maximum absolute atomic E-state index is 12.0. The SMILES string of the molecule is CC(C)CC(C)(CN)NC(=O)[C@@H]1CCC(=O)N1. The molecule has 0 radical (unpaired) electrons. The Morgan fingerprint density at radius 3 is 2.71 bits per heavy atom. The van der Waals surface area contributed by atoms with Crippen LogP contribution >= 0.6 is 0 Å². The summed E-state index contributed by atoms with van der Waals surface area (Å²) in [6, 6.07) is -0.388. The summed E-state index contributed by atoms with van der Waals surface area (Å²) in [6.45, 7) is 6.54. The summed E-state index contributed by atoms with van der Waals surface area (Å²) in [5.41, 5.74) is 5.34. The first-order valence-corrected chi connectivity index (χ1v) is 6.18. The fourth-order valence-electron chi connectivity index (χ4n) is 2.28. The van der Waals surface area contributed by atoms with E-state index in [0.717, 1.165) is 6.42 Å². The van der Waals surface area contributed by atoms with Crippen molar-refractivity contribution in [3.8, 4) is 0 Å². The molecule has 5 heteroatoms. The van der Waals surface area contributed by atoms with E-state index in [9.17, 15) is 9.59 Å². The minimum Gasteiger partial charge on any atom is -0.348 e. The van der Waals surface area contributed by atoms with Crippen LogP contribution in [-0.4, -0.2) is 29.9 Å². The first kappa shape index (κ1) is 14.0. The second-order valence-electron chi connectivity index (χ2n) is 5.51. The van der Waals surface area contributed by atoms with Crippen molar-refractivity contribution in [3.63, 3.8) is 0 Å². The Labute approximate surface area is 103 Å². The lowest BCUT2D eigenvalue weighted by atomic mass is 9.90. The third-order valence-corrected chi connectivity index (χ3v) is 3.05. The van der Waals surface area contributed by atoms with E-state index in [2.05, 4.69) is 24.5 Å². The Hall–Kier alpha value is -1.10. The van der Waals surface area contributed by atoms with Crippen LogP contribution in [0.4, 0.5) is 0 Å². The fraction of sp³-hybridized carbons (Fsp3) is 0.833. The van der Waals surface area contributed by atoms with Crippen LogP contribution < -0.4 is 16.4 Å². The zero-order valence-electron chi connectivity index (χ0n) is 10.9. The lowest BCUT2D eigenvalue weighted by Gasteiger charge is -2.32. The number of carbonyl (C=O) groups excluding carboxylic acids is 2. The predicted octanol–water partition coefficient (Wildman–Crippen LogP) is 0.145. The van der Waals surface area contributed by atoms with Crippen molar-refractivity contribution in [1.29, 1.82) is 0 Å². The van der Waals surface area contributed by atoms with Crippen molar-refractivity contribution in [2.45, 2.75) is 51.6 Å². The highest BCUT2D eigenvalue weighted by molar-refractivity contribution is 5.91. The molecule has 2 amide bonds. The van der Waals surface area contributed by atoms with E-state index in [0.29, 0.717) is 25.3 Å². The van der Waals surface area contributed by atoms with E-state index in [4.69, 9.17) is 5.73 Å². The quantitative estimate of drug-likeness (QED) is 0.640. The van der Waals surface area contributed by atoms with Gasteiger partial charge in [0.05, 0.1) is 0 Å². The van der Waals surface area contributed by atoms with Gasteiger partial charge in [-0.1, -0.05) is 13.8 Å². The molecule has 0 aliphatic carbocycles. The van der Waals surface area contributed by atoms with Gasteiger partial charge in [0.15, 0.2) is 0 Å². The molecule has 0 spiro atoms. The van der Waals surface area contributed by atoms with Gasteiger partial charge >= 0.3 is 0 Å². The summed E-state index contributed by atoms with van der Waals surface area (Å²) < 4.78 is 0. The molecule has 2 atom stereocenters. The smallest absolute Gasteiger partial charge is 0.243 e. The normalized spacial score (nSPS) is 23.4. The van der Waals surface area contributed by atoms with E-state index in [1.165, 1.54) is 0 Å². The van der Waals surface area contributed by atoms with Crippen LogP contribution in [0.2, 0.25) is 0 Å². The number of hydrogen-bond donors (Lipinski definition) is 3. The third-order valence-electron chi connectivity index (χ3n) is 3.05. The molecule has 17 heavy (non-hydrogen) atoms. The summed E-state index contributed by atoms with van der Waals surface area (Å²) in [7, 11) is 0. The van der Waals surface area contributed by atoms with E-state index in [1.807, 2.05) is 6.92 Å². The van der Waals surface area contributed by atoms with Crippen LogP contribution in [0.1, 0.15) is 40.0 Å². The molecule has 1 unspecified atom stereocenters. The summed E-state index contributed by atoms with van der Waals surface area (Å²) in [6.07, 6.45) is 1.84. The second kappa shape index (κ2) is 5.49. The number of hydrogen-bond acceptors (Lipinski definition) is 3. The predicted molar refractivity (Wildman–Crippen MR) is 66.2 cm³/mol. The van der Waals surface area contributed by atoms with Crippen molar-refractivity contribution in [2.75, 3.05) is 6.54 Å². The van der Waals surface area contributed by atoms with Crippen LogP contribution in [-0.2, 0) is 9.59 Å². The van der Waals surface area contributed by atoms with Gasteiger partial charge in [0.25, 0.3) is 0 Å². The molecule has 1 heterocycles. The van der Waals surface area contributed by atoms with Crippen molar-refractivity contribution < 1.29 is 9.59 Å². The molecule has 98 valence electrons. The van der Waals surface area contributed by atoms with Crippen molar-refractivity contribution in [1.82, 2.24) is 10.6 Å². The number of nitrogens with two attached hydrogens (primary N) is 1. The Balaban J connectivity index is 2.55. The molecule has 1 saturated heterocycles. The van der Waals surface area contributed by atoms with E-state index in [1.54, 1.807) is 0 Å². The van der Waals surface area contributed by atoms with Crippen molar-refractivity contribution in [2.24, 2.45) is 11.7 Å². The monoisotopic (exact) mass is 241 g/mol. The molecular weight excluding hydrogens is 218 g/mol. The first-order chi connectivity index (χ1) is 7.86. The molecule has 1 rings (SSSR count). The van der Waals surface area contributed by atoms with E-state index >= 15 is 0 Å². The number of rotatable bonds is 5. The summed E-state index contributed by atoms with van der Waals surface area (Å²) in [5, 5.41) is 5.62. The topological polar surface area (TPSA) is 84.2 Å². The van der Waals surface area contributed by atoms with Crippen LogP contribution in [0, 0.1) is 5.92 Å². The molecule has 4 N–H and O–H groups in total. The van der Waals surface area contributed by atoms with Gasteiger partial charge in [-0.15, -0.1) is 0 Å². The van der Waals surface area contributed by atoms with Gasteiger partial charge in [-0.25, -0.2) is 0 Å². The molecule has 0 aromatic carbocycles. The van der Waals surface area contributed by atoms with E-state index in [-0.39, 0.29) is 17.9 Å². The van der Waals surface area contributed by atoms with Gasteiger partial charge in [0.1, 0.15) is 6.04 Å². The van der Waals surface area contributed by atoms with Crippen LogP contribution in [0.25, 0.3) is 0 Å². The van der Waals surface area contributed by atoms with Crippen LogP contribution in [0.5, 0.6) is 0 Å². The molecule has 0 aromatic heterocycles. The number of amides is 2. The standard InChI is InChI=1S/C12H23N3O2/c1-8(2)6-12(3,7-13)15-11(17)9-4-5-10(16)14-9/h8-9H,4-7,13H2,1-3H3,(H,14,16)(H,15,17)/t9-,12?/m0/s1. The average Bonchev–Trinajstić information content (AvgIpc) is 2.63. The Kier molecular flexibility index (Phi) is 4.51. The second-order valence-corrected chi connectivity index (χ2v) is 5.51. The molecule has 1 fully saturated rings. The molecule has 5 nitrogen and oxygen atoms in total. The zero-order chi connectivity index (χ0) is 13.1. The minimum absolute atomic E-state index is 0.0524. The minimum atomic E-state index is -0.390. The fourth-order valence-corrected chi connectivity index (χ4v) is 2.28. The highest BCUT2D eigenvalue weighted by Gasteiger charge is 2.32. The van der Waals surface area contributed by atoms with Crippen molar-refractivity contribution in [3.05, 3.63) is 0 Å². The van der Waals surface area contributed by atoms with E-state index < -0.39 is 5.54 Å². The van der Waals surface area contributed by atoms with Gasteiger partial charge in [0, 0.05) is 18.5 Å². The van der Waals surface area contributed by atoms with Gasteiger partial charge in [-0.3, -0.25) is 9.59 Å². The third kappa shape index (κ3) is 4.00.